The molecule has 9 heteroatoms. The van der Waals surface area contributed by atoms with Crippen LogP contribution in [0.1, 0.15) is 69.0 Å². The summed E-state index contributed by atoms with van der Waals surface area (Å²) in [5.41, 5.74) is 5.35. The number of aromatic nitrogens is 5. The van der Waals surface area contributed by atoms with Gasteiger partial charge in [0.05, 0.1) is 23.6 Å². The minimum atomic E-state index is -0.823. The second kappa shape index (κ2) is 10.4. The lowest BCUT2D eigenvalue weighted by Crippen LogP contribution is -2.24. The van der Waals surface area contributed by atoms with Gasteiger partial charge < -0.3 is 15.3 Å². The first kappa shape index (κ1) is 23.9. The van der Waals surface area contributed by atoms with Crippen molar-refractivity contribution in [2.24, 2.45) is 0 Å². The van der Waals surface area contributed by atoms with Crippen LogP contribution in [-0.4, -0.2) is 61.6 Å². The van der Waals surface area contributed by atoms with Crippen molar-refractivity contribution in [3.8, 4) is 11.4 Å². The van der Waals surface area contributed by atoms with Gasteiger partial charge in [-0.15, -0.1) is 0 Å². The van der Waals surface area contributed by atoms with E-state index in [4.69, 9.17) is 20.1 Å². The smallest absolute Gasteiger partial charge is 0.160 e. The van der Waals surface area contributed by atoms with Crippen molar-refractivity contribution < 1.29 is 9.50 Å². The fraction of sp³-hybridized carbons (Fsp3) is 0.615. The fourth-order valence-electron chi connectivity index (χ4n) is 5.28. The normalized spacial score (nSPS) is 18.7. The van der Waals surface area contributed by atoms with Crippen LogP contribution >= 0.6 is 0 Å². The van der Waals surface area contributed by atoms with Crippen LogP contribution < -0.4 is 10.2 Å². The molecule has 1 fully saturated rings. The predicted octanol–water partition coefficient (Wildman–Crippen LogP) is 4.27. The average molecular weight is 482 g/mol. The van der Waals surface area contributed by atoms with Gasteiger partial charge in [-0.25, -0.2) is 14.4 Å². The van der Waals surface area contributed by atoms with Gasteiger partial charge in [-0.05, 0) is 58.3 Å². The molecular formula is C26H36FN7O. The molecule has 0 amide bonds. The summed E-state index contributed by atoms with van der Waals surface area (Å²) >= 11 is 0. The Morgan fingerprint density at radius 1 is 1.14 bits per heavy atom. The molecular weight excluding hydrogens is 445 g/mol. The summed E-state index contributed by atoms with van der Waals surface area (Å²) in [5.74, 6) is 1.59. The minimum absolute atomic E-state index is 0.173. The number of hydrogen-bond donors (Lipinski definition) is 2. The molecule has 1 aliphatic heterocycles. The van der Waals surface area contributed by atoms with Crippen LogP contribution in [0.15, 0.2) is 12.1 Å². The number of rotatable bonds is 9. The van der Waals surface area contributed by atoms with Crippen LogP contribution in [0.25, 0.3) is 17.0 Å². The zero-order chi connectivity index (χ0) is 24.4. The van der Waals surface area contributed by atoms with Crippen molar-refractivity contribution in [2.75, 3.05) is 29.9 Å². The number of halogens is 1. The Morgan fingerprint density at radius 3 is 2.66 bits per heavy atom. The van der Waals surface area contributed by atoms with E-state index in [2.05, 4.69) is 12.2 Å². The Labute approximate surface area is 206 Å². The highest BCUT2D eigenvalue weighted by Gasteiger charge is 2.25. The number of hydrogen-bond acceptors (Lipinski definition) is 7. The molecule has 1 saturated heterocycles. The molecule has 0 spiro atoms. The van der Waals surface area contributed by atoms with E-state index >= 15 is 0 Å². The van der Waals surface area contributed by atoms with Crippen molar-refractivity contribution >= 4 is 17.3 Å². The van der Waals surface area contributed by atoms with E-state index in [0.717, 1.165) is 85.1 Å². The molecule has 2 atom stereocenters. The van der Waals surface area contributed by atoms with Gasteiger partial charge in [0.25, 0.3) is 0 Å². The second-order valence-electron chi connectivity index (χ2n) is 9.89. The van der Waals surface area contributed by atoms with E-state index in [1.54, 1.807) is 0 Å². The van der Waals surface area contributed by atoms with Gasteiger partial charge in [-0.3, -0.25) is 4.98 Å². The number of aliphatic hydroxyl groups is 1. The van der Waals surface area contributed by atoms with Crippen molar-refractivity contribution in [3.05, 3.63) is 29.2 Å². The number of nitrogens with one attached hydrogen (secondary N) is 1. The third kappa shape index (κ3) is 5.10. The molecule has 0 aromatic carbocycles. The molecule has 0 bridgehead atoms. The lowest BCUT2D eigenvalue weighted by Gasteiger charge is -2.22. The number of aryl methyl sites for hydroxylation is 3. The number of fused-ring (bicyclic) bond motifs is 2. The molecule has 3 aromatic heterocycles. The maximum Gasteiger partial charge on any atom is 0.160 e. The molecule has 8 nitrogen and oxygen atoms in total. The average Bonchev–Trinajstić information content (AvgIpc) is 3.48. The molecule has 0 radical (unpaired) electrons. The van der Waals surface area contributed by atoms with Gasteiger partial charge in [0.2, 0.25) is 0 Å². The second-order valence-corrected chi connectivity index (χ2v) is 9.89. The van der Waals surface area contributed by atoms with Crippen LogP contribution in [0, 0.1) is 6.92 Å². The van der Waals surface area contributed by atoms with Crippen molar-refractivity contribution in [1.82, 2.24) is 24.6 Å². The summed E-state index contributed by atoms with van der Waals surface area (Å²) in [6.45, 7) is 5.35. The third-order valence-electron chi connectivity index (χ3n) is 7.11. The Morgan fingerprint density at radius 2 is 1.94 bits per heavy atom. The van der Waals surface area contributed by atoms with E-state index in [0.29, 0.717) is 25.2 Å². The van der Waals surface area contributed by atoms with Crippen molar-refractivity contribution in [1.29, 1.82) is 0 Å². The predicted molar refractivity (Wildman–Crippen MR) is 136 cm³/mol. The van der Waals surface area contributed by atoms with E-state index < -0.39 is 6.17 Å². The maximum atomic E-state index is 14.0. The monoisotopic (exact) mass is 481 g/mol. The Balaban J connectivity index is 1.56. The molecule has 2 aliphatic rings. The van der Waals surface area contributed by atoms with Gasteiger partial charge in [-0.2, -0.15) is 9.61 Å². The highest BCUT2D eigenvalue weighted by atomic mass is 19.1. The summed E-state index contributed by atoms with van der Waals surface area (Å²) in [4.78, 5) is 16.7. The molecule has 0 saturated carbocycles. The topological polar surface area (TPSA) is 91.5 Å². The first-order chi connectivity index (χ1) is 17.1. The van der Waals surface area contributed by atoms with Crippen LogP contribution in [0.4, 0.5) is 16.0 Å². The zero-order valence-corrected chi connectivity index (χ0v) is 20.8. The molecule has 35 heavy (non-hydrogen) atoms. The minimum Gasteiger partial charge on any atom is -0.396 e. The Kier molecular flexibility index (Phi) is 7.13. The van der Waals surface area contributed by atoms with Crippen LogP contribution in [-0.2, 0) is 12.8 Å². The van der Waals surface area contributed by atoms with Gasteiger partial charge in [0.15, 0.2) is 5.65 Å². The van der Waals surface area contributed by atoms with Crippen molar-refractivity contribution in [3.63, 3.8) is 0 Å². The van der Waals surface area contributed by atoms with Crippen molar-refractivity contribution in [2.45, 2.75) is 83.8 Å². The van der Waals surface area contributed by atoms with Gasteiger partial charge in [-0.1, -0.05) is 13.3 Å². The van der Waals surface area contributed by atoms with E-state index in [1.165, 1.54) is 6.42 Å². The summed E-state index contributed by atoms with van der Waals surface area (Å²) in [6, 6.07) is 4.15. The molecule has 4 heterocycles. The van der Waals surface area contributed by atoms with Gasteiger partial charge in [0, 0.05) is 31.3 Å². The van der Waals surface area contributed by atoms with E-state index in [1.807, 2.05) is 28.5 Å². The summed E-state index contributed by atoms with van der Waals surface area (Å²) < 4.78 is 15.8. The first-order valence-electron chi connectivity index (χ1n) is 13.1. The van der Waals surface area contributed by atoms with E-state index in [-0.39, 0.29) is 12.6 Å². The number of alkyl halides is 1. The summed E-state index contributed by atoms with van der Waals surface area (Å²) in [6.07, 6.45) is 7.59. The zero-order valence-electron chi connectivity index (χ0n) is 20.8. The Bertz CT molecular complexity index is 1180. The van der Waals surface area contributed by atoms with Crippen LogP contribution in [0.5, 0.6) is 0 Å². The number of nitrogens with zero attached hydrogens (tertiary/aromatic N) is 6. The number of anilines is 2. The largest absolute Gasteiger partial charge is 0.396 e. The van der Waals surface area contributed by atoms with Gasteiger partial charge in [0.1, 0.15) is 29.2 Å². The number of aliphatic hydroxyl groups excluding tert-OH is 1. The summed E-state index contributed by atoms with van der Waals surface area (Å²) in [7, 11) is 0. The molecule has 1 aliphatic carbocycles. The lowest BCUT2D eigenvalue weighted by atomic mass is 10.00. The molecule has 188 valence electrons. The molecule has 0 unspecified atom stereocenters. The lowest BCUT2D eigenvalue weighted by molar-refractivity contribution is 0.280. The maximum absolute atomic E-state index is 14.0. The molecule has 2 N–H and O–H groups in total. The molecule has 3 aromatic rings. The SMILES string of the molecule is CCC[C@H](CCCO)Nc1cc(N2CC[C@@H](F)C2)nc2cc(-c3nc4c(nc3C)CCCC4)nn12. The highest BCUT2D eigenvalue weighted by molar-refractivity contribution is 5.67. The quantitative estimate of drug-likeness (QED) is 0.471. The summed E-state index contributed by atoms with van der Waals surface area (Å²) in [5, 5.41) is 17.9. The van der Waals surface area contributed by atoms with Crippen LogP contribution in [0.3, 0.4) is 0 Å². The van der Waals surface area contributed by atoms with Gasteiger partial charge >= 0.3 is 0 Å². The highest BCUT2D eigenvalue weighted by Crippen LogP contribution is 2.29. The first-order valence-corrected chi connectivity index (χ1v) is 13.1. The van der Waals surface area contributed by atoms with E-state index in [9.17, 15) is 9.50 Å². The third-order valence-corrected chi connectivity index (χ3v) is 7.11. The van der Waals surface area contributed by atoms with Crippen LogP contribution in [0.2, 0.25) is 0 Å². The standard InChI is InChI=1S/C26H36FN7O/c1-3-7-19(8-6-13-35)29-25-15-23(33-12-11-18(27)16-33)31-24-14-22(32-34(24)25)26-17(2)28-20-9-4-5-10-21(20)30-26/h14-15,18-19,29,35H,3-13,16H2,1-2H3/t18-,19-/m1/s1. The fourth-order valence-corrected chi connectivity index (χ4v) is 5.28. The Hall–Kier alpha value is -2.81. The molecule has 5 rings (SSSR count).